The maximum atomic E-state index is 13.3. The molecular formula is C24H26N2O5S. The Balaban J connectivity index is 1.28. The van der Waals surface area contributed by atoms with Crippen molar-refractivity contribution < 1.29 is 22.7 Å². The van der Waals surface area contributed by atoms with Gasteiger partial charge in [-0.3, -0.25) is 4.79 Å². The van der Waals surface area contributed by atoms with E-state index in [1.165, 1.54) is 10.4 Å². The van der Waals surface area contributed by atoms with Crippen molar-refractivity contribution in [2.24, 2.45) is 0 Å². The summed E-state index contributed by atoms with van der Waals surface area (Å²) in [5.41, 5.74) is 2.37. The van der Waals surface area contributed by atoms with Gasteiger partial charge in [0.15, 0.2) is 11.5 Å². The zero-order chi connectivity index (χ0) is 22.5. The molecule has 1 amide bonds. The number of carbonyl (C=O) groups excluding carboxylic acids is 1. The van der Waals surface area contributed by atoms with Crippen molar-refractivity contribution in [3.63, 3.8) is 0 Å². The zero-order valence-corrected chi connectivity index (χ0v) is 19.0. The van der Waals surface area contributed by atoms with Crippen molar-refractivity contribution in [1.29, 1.82) is 0 Å². The Hall–Kier alpha value is -2.84. The van der Waals surface area contributed by atoms with Crippen LogP contribution in [0, 0.1) is 0 Å². The van der Waals surface area contributed by atoms with E-state index in [-0.39, 0.29) is 10.8 Å². The second-order valence-electron chi connectivity index (χ2n) is 8.94. The van der Waals surface area contributed by atoms with Gasteiger partial charge < -0.3 is 14.4 Å². The minimum atomic E-state index is -3.67. The van der Waals surface area contributed by atoms with Gasteiger partial charge in [0.1, 0.15) is 13.2 Å². The summed E-state index contributed by atoms with van der Waals surface area (Å²) in [6, 6.07) is 14.5. The highest BCUT2D eigenvalue weighted by Gasteiger charge is 2.41. The Morgan fingerprint density at radius 2 is 1.50 bits per heavy atom. The first kappa shape index (κ1) is 21.0. The van der Waals surface area contributed by atoms with Crippen molar-refractivity contribution in [2.75, 3.05) is 39.4 Å². The van der Waals surface area contributed by atoms with E-state index >= 15 is 0 Å². The molecule has 0 radical (unpaired) electrons. The Kier molecular flexibility index (Phi) is 5.02. The molecule has 0 aromatic heterocycles. The summed E-state index contributed by atoms with van der Waals surface area (Å²) in [4.78, 5) is 15.3. The van der Waals surface area contributed by atoms with Crippen LogP contribution in [0.25, 0.3) is 0 Å². The predicted octanol–water partition coefficient (Wildman–Crippen LogP) is 2.58. The molecule has 0 unspecified atom stereocenters. The number of fused-ring (bicyclic) bond motifs is 1. The number of benzene rings is 2. The van der Waals surface area contributed by atoms with Crippen LogP contribution in [-0.2, 0) is 20.2 Å². The van der Waals surface area contributed by atoms with Crippen LogP contribution in [0.1, 0.15) is 19.4 Å². The van der Waals surface area contributed by atoms with Crippen molar-refractivity contribution in [2.45, 2.75) is 24.2 Å². The minimum absolute atomic E-state index is 0.0549. The fraction of sp³-hybridized carbons (Fsp3) is 0.375. The molecule has 0 atom stereocenters. The quantitative estimate of drug-likeness (QED) is 0.664. The molecule has 8 heteroatoms. The van der Waals surface area contributed by atoms with Gasteiger partial charge in [-0.2, -0.15) is 4.31 Å². The van der Waals surface area contributed by atoms with E-state index in [0.717, 1.165) is 16.7 Å². The molecule has 3 heterocycles. The molecule has 0 spiro atoms. The average Bonchev–Trinajstić information content (AvgIpc) is 3.39. The van der Waals surface area contributed by atoms with Gasteiger partial charge in [0.25, 0.3) is 0 Å². The molecule has 0 N–H and O–H groups in total. The fourth-order valence-electron chi connectivity index (χ4n) is 4.57. The number of amides is 1. The molecule has 168 valence electrons. The maximum absolute atomic E-state index is 13.3. The van der Waals surface area contributed by atoms with E-state index in [0.29, 0.717) is 50.9 Å². The Morgan fingerprint density at radius 3 is 2.16 bits per heavy atom. The van der Waals surface area contributed by atoms with Crippen LogP contribution < -0.4 is 9.47 Å². The highest BCUT2D eigenvalue weighted by atomic mass is 32.2. The van der Waals surface area contributed by atoms with Gasteiger partial charge in [-0.15, -0.1) is 0 Å². The summed E-state index contributed by atoms with van der Waals surface area (Å²) in [6.45, 7) is 6.29. The van der Waals surface area contributed by atoms with E-state index in [1.807, 2.05) is 49.1 Å². The van der Waals surface area contributed by atoms with Gasteiger partial charge in [-0.05, 0) is 42.7 Å². The van der Waals surface area contributed by atoms with Crippen molar-refractivity contribution in [3.05, 3.63) is 65.2 Å². The van der Waals surface area contributed by atoms with Gasteiger partial charge in [0.2, 0.25) is 15.9 Å². The van der Waals surface area contributed by atoms with Gasteiger partial charge >= 0.3 is 0 Å². The van der Waals surface area contributed by atoms with Crippen LogP contribution in [0.3, 0.4) is 0 Å². The maximum Gasteiger partial charge on any atom is 0.243 e. The Bertz CT molecular complexity index is 1190. The summed E-state index contributed by atoms with van der Waals surface area (Å²) in [5.74, 6) is 1.07. The lowest BCUT2D eigenvalue weighted by atomic mass is 9.83. The Morgan fingerprint density at radius 1 is 0.875 bits per heavy atom. The SMILES string of the molecule is CC(C)(C(=O)N1CC2=C(C1)CN(S(=O)(=O)c1ccc3c(c1)OCCO3)C2)c1ccccc1. The highest BCUT2D eigenvalue weighted by molar-refractivity contribution is 7.89. The van der Waals surface area contributed by atoms with Crippen molar-refractivity contribution in [1.82, 2.24) is 9.21 Å². The third kappa shape index (κ3) is 3.47. The number of sulfonamides is 1. The molecule has 7 nitrogen and oxygen atoms in total. The number of carbonyl (C=O) groups is 1. The number of hydrogen-bond donors (Lipinski definition) is 0. The molecule has 2 aromatic rings. The normalized spacial score (nSPS) is 18.8. The smallest absolute Gasteiger partial charge is 0.243 e. The van der Waals surface area contributed by atoms with Crippen LogP contribution in [0.4, 0.5) is 0 Å². The first-order valence-corrected chi connectivity index (χ1v) is 12.2. The molecule has 0 saturated carbocycles. The molecular weight excluding hydrogens is 428 g/mol. The first-order chi connectivity index (χ1) is 15.3. The molecule has 0 bridgehead atoms. The second-order valence-corrected chi connectivity index (χ2v) is 10.9. The minimum Gasteiger partial charge on any atom is -0.486 e. The molecule has 0 fully saturated rings. The monoisotopic (exact) mass is 454 g/mol. The first-order valence-electron chi connectivity index (χ1n) is 10.7. The van der Waals surface area contributed by atoms with Crippen molar-refractivity contribution >= 4 is 15.9 Å². The summed E-state index contributed by atoms with van der Waals surface area (Å²) >= 11 is 0. The summed E-state index contributed by atoms with van der Waals surface area (Å²) in [5, 5.41) is 0. The van der Waals surface area contributed by atoms with Crippen LogP contribution >= 0.6 is 0 Å². The van der Waals surface area contributed by atoms with Crippen LogP contribution in [-0.4, -0.2) is 62.9 Å². The fourth-order valence-corrected chi connectivity index (χ4v) is 6.01. The largest absolute Gasteiger partial charge is 0.486 e. The second kappa shape index (κ2) is 7.64. The molecule has 0 aliphatic carbocycles. The number of ether oxygens (including phenoxy) is 2. The van der Waals surface area contributed by atoms with E-state index in [4.69, 9.17) is 9.47 Å². The highest BCUT2D eigenvalue weighted by Crippen LogP contribution is 2.36. The standard InChI is InChI=1S/C24H26N2O5S/c1-24(2,19-6-4-3-5-7-19)23(27)25-13-17-15-26(16-18(17)14-25)32(28,29)20-8-9-21-22(12-20)31-11-10-30-21/h3-9,12H,10-11,13-16H2,1-2H3. The number of nitrogens with zero attached hydrogens (tertiary/aromatic N) is 2. The predicted molar refractivity (Wildman–Crippen MR) is 119 cm³/mol. The molecule has 5 rings (SSSR count). The molecule has 3 aliphatic rings. The molecule has 32 heavy (non-hydrogen) atoms. The number of rotatable bonds is 4. The van der Waals surface area contributed by atoms with E-state index in [9.17, 15) is 13.2 Å². The van der Waals surface area contributed by atoms with Crippen LogP contribution in [0.2, 0.25) is 0 Å². The van der Waals surface area contributed by atoms with Crippen molar-refractivity contribution in [3.8, 4) is 11.5 Å². The summed E-state index contributed by atoms with van der Waals surface area (Å²) in [6.07, 6.45) is 0. The number of hydrogen-bond acceptors (Lipinski definition) is 5. The summed E-state index contributed by atoms with van der Waals surface area (Å²) in [7, 11) is -3.67. The lowest BCUT2D eigenvalue weighted by molar-refractivity contribution is -0.135. The van der Waals surface area contributed by atoms with Crippen LogP contribution in [0.5, 0.6) is 11.5 Å². The van der Waals surface area contributed by atoms with Gasteiger partial charge in [-0.25, -0.2) is 8.42 Å². The van der Waals surface area contributed by atoms with E-state index in [1.54, 1.807) is 12.1 Å². The lowest BCUT2D eigenvalue weighted by Gasteiger charge is -2.31. The molecule has 3 aliphatic heterocycles. The average molecular weight is 455 g/mol. The van der Waals surface area contributed by atoms with Gasteiger partial charge in [0, 0.05) is 32.2 Å². The van der Waals surface area contributed by atoms with Gasteiger partial charge in [0.05, 0.1) is 10.3 Å². The lowest BCUT2D eigenvalue weighted by Crippen LogP contribution is -2.44. The van der Waals surface area contributed by atoms with Gasteiger partial charge in [-0.1, -0.05) is 30.3 Å². The zero-order valence-electron chi connectivity index (χ0n) is 18.2. The topological polar surface area (TPSA) is 76.2 Å². The molecule has 0 saturated heterocycles. The Labute approximate surface area is 188 Å². The van der Waals surface area contributed by atoms with E-state index < -0.39 is 15.4 Å². The van der Waals surface area contributed by atoms with Crippen LogP contribution in [0.15, 0.2) is 64.6 Å². The third-order valence-electron chi connectivity index (χ3n) is 6.47. The molecule has 2 aromatic carbocycles. The summed E-state index contributed by atoms with van der Waals surface area (Å²) < 4.78 is 39.0. The third-order valence-corrected chi connectivity index (χ3v) is 8.25. The van der Waals surface area contributed by atoms with E-state index in [2.05, 4.69) is 0 Å².